The number of carbonyl (C=O) groups excluding carboxylic acids is 1. The first-order valence-electron chi connectivity index (χ1n) is 5.90. The van der Waals surface area contributed by atoms with Crippen molar-refractivity contribution < 1.29 is 14.1 Å². The van der Waals surface area contributed by atoms with Crippen molar-refractivity contribution in [1.29, 1.82) is 0 Å². The highest BCUT2D eigenvalue weighted by Gasteiger charge is 2.14. The van der Waals surface area contributed by atoms with Crippen molar-refractivity contribution in [2.24, 2.45) is 0 Å². The van der Waals surface area contributed by atoms with E-state index in [1.807, 2.05) is 0 Å². The predicted molar refractivity (Wildman–Crippen MR) is 79.9 cm³/mol. The average Bonchev–Trinajstić information content (AvgIpc) is 2.42. The molecule has 0 aliphatic rings. The van der Waals surface area contributed by atoms with Crippen molar-refractivity contribution in [3.63, 3.8) is 0 Å². The van der Waals surface area contributed by atoms with Crippen LogP contribution in [0.15, 0.2) is 40.9 Å². The van der Waals surface area contributed by atoms with Crippen molar-refractivity contribution in [3.05, 3.63) is 67.9 Å². The summed E-state index contributed by atoms with van der Waals surface area (Å²) >= 11 is 3.03. The number of nitrogens with one attached hydrogen (secondary N) is 1. The number of amides is 1. The van der Waals surface area contributed by atoms with Crippen LogP contribution in [-0.4, -0.2) is 10.8 Å². The number of rotatable bonds is 3. The molecule has 0 bridgehead atoms. The molecule has 0 radical (unpaired) electrons. The lowest BCUT2D eigenvalue weighted by Crippen LogP contribution is -2.13. The van der Waals surface area contributed by atoms with Gasteiger partial charge in [-0.2, -0.15) is 0 Å². The van der Waals surface area contributed by atoms with Crippen LogP contribution in [0.3, 0.4) is 0 Å². The zero-order chi connectivity index (χ0) is 15.6. The molecular formula is C14H10BrFN2O3. The van der Waals surface area contributed by atoms with E-state index in [2.05, 4.69) is 21.2 Å². The van der Waals surface area contributed by atoms with Crippen LogP contribution in [0, 0.1) is 22.9 Å². The normalized spacial score (nSPS) is 10.2. The molecule has 7 heteroatoms. The SMILES string of the molecule is Cc1cc([N+](=O)[O-])ccc1C(=O)Nc1ccc(F)c(Br)c1. The highest BCUT2D eigenvalue weighted by molar-refractivity contribution is 9.10. The summed E-state index contributed by atoms with van der Waals surface area (Å²) in [6.45, 7) is 1.61. The summed E-state index contributed by atoms with van der Waals surface area (Å²) in [5.41, 5.74) is 1.16. The second kappa shape index (κ2) is 6.01. The molecule has 0 unspecified atom stereocenters. The molecule has 1 N–H and O–H groups in total. The maximum absolute atomic E-state index is 13.1. The van der Waals surface area contributed by atoms with Crippen molar-refractivity contribution in [3.8, 4) is 0 Å². The third-order valence-electron chi connectivity index (χ3n) is 2.84. The van der Waals surface area contributed by atoms with Crippen LogP contribution in [0.2, 0.25) is 0 Å². The van der Waals surface area contributed by atoms with Crippen molar-refractivity contribution >= 4 is 33.2 Å². The van der Waals surface area contributed by atoms with E-state index >= 15 is 0 Å². The minimum Gasteiger partial charge on any atom is -0.322 e. The molecule has 0 aromatic heterocycles. The lowest BCUT2D eigenvalue weighted by Gasteiger charge is -2.08. The van der Waals surface area contributed by atoms with Crippen LogP contribution >= 0.6 is 15.9 Å². The molecule has 2 aromatic carbocycles. The molecule has 0 fully saturated rings. The molecule has 21 heavy (non-hydrogen) atoms. The van der Waals surface area contributed by atoms with Gasteiger partial charge in [0.1, 0.15) is 5.82 Å². The van der Waals surface area contributed by atoms with Crippen LogP contribution in [0.1, 0.15) is 15.9 Å². The number of non-ortho nitro benzene ring substituents is 1. The van der Waals surface area contributed by atoms with Crippen LogP contribution < -0.4 is 5.32 Å². The number of nitro benzene ring substituents is 1. The molecule has 0 aliphatic carbocycles. The Labute approximate surface area is 128 Å². The van der Waals surface area contributed by atoms with Crippen molar-refractivity contribution in [2.45, 2.75) is 6.92 Å². The van der Waals surface area contributed by atoms with E-state index < -0.39 is 16.6 Å². The van der Waals surface area contributed by atoms with Gasteiger partial charge in [0, 0.05) is 23.4 Å². The first-order valence-corrected chi connectivity index (χ1v) is 6.69. The van der Waals surface area contributed by atoms with E-state index in [1.165, 1.54) is 36.4 Å². The Morgan fingerprint density at radius 1 is 1.29 bits per heavy atom. The number of hydrogen-bond donors (Lipinski definition) is 1. The number of hydrogen-bond acceptors (Lipinski definition) is 3. The average molecular weight is 353 g/mol. The highest BCUT2D eigenvalue weighted by atomic mass is 79.9. The Hall–Kier alpha value is -2.28. The Morgan fingerprint density at radius 3 is 2.57 bits per heavy atom. The smallest absolute Gasteiger partial charge is 0.269 e. The van der Waals surface area contributed by atoms with Gasteiger partial charge in [0.15, 0.2) is 0 Å². The van der Waals surface area contributed by atoms with Gasteiger partial charge in [0.05, 0.1) is 9.40 Å². The maximum Gasteiger partial charge on any atom is 0.269 e. The highest BCUT2D eigenvalue weighted by Crippen LogP contribution is 2.22. The topological polar surface area (TPSA) is 72.2 Å². The molecule has 5 nitrogen and oxygen atoms in total. The maximum atomic E-state index is 13.1. The van der Waals surface area contributed by atoms with E-state index in [-0.39, 0.29) is 10.2 Å². The number of benzene rings is 2. The van der Waals surface area contributed by atoms with Gasteiger partial charge in [0.25, 0.3) is 11.6 Å². The molecule has 0 spiro atoms. The van der Waals surface area contributed by atoms with Gasteiger partial charge < -0.3 is 5.32 Å². The van der Waals surface area contributed by atoms with Crippen molar-refractivity contribution in [1.82, 2.24) is 0 Å². The molecule has 0 saturated carbocycles. The Balaban J connectivity index is 2.24. The molecule has 0 aliphatic heterocycles. The molecule has 2 aromatic rings. The summed E-state index contributed by atoms with van der Waals surface area (Å²) in [5, 5.41) is 13.3. The summed E-state index contributed by atoms with van der Waals surface area (Å²) in [5.74, 6) is -0.847. The largest absolute Gasteiger partial charge is 0.322 e. The standard InChI is InChI=1S/C14H10BrFN2O3/c1-8-6-10(18(20)21)3-4-11(8)14(19)17-9-2-5-13(16)12(15)7-9/h2-7H,1H3,(H,17,19). The van der Waals surface area contributed by atoms with E-state index in [0.717, 1.165) is 0 Å². The number of halogens is 2. The van der Waals surface area contributed by atoms with E-state index in [9.17, 15) is 19.3 Å². The first-order chi connectivity index (χ1) is 9.88. The Bertz CT molecular complexity index is 734. The van der Waals surface area contributed by atoms with Gasteiger partial charge in [-0.3, -0.25) is 14.9 Å². The summed E-state index contributed by atoms with van der Waals surface area (Å²) in [7, 11) is 0. The quantitative estimate of drug-likeness (QED) is 0.668. The van der Waals surface area contributed by atoms with Crippen LogP contribution in [-0.2, 0) is 0 Å². The molecule has 108 valence electrons. The van der Waals surface area contributed by atoms with Gasteiger partial charge in [-0.1, -0.05) is 0 Å². The summed E-state index contributed by atoms with van der Waals surface area (Å²) < 4.78 is 13.4. The number of carbonyl (C=O) groups is 1. The second-order valence-electron chi connectivity index (χ2n) is 4.34. The van der Waals surface area contributed by atoms with Gasteiger partial charge in [-0.25, -0.2) is 4.39 Å². The number of nitro groups is 1. The number of anilines is 1. The van der Waals surface area contributed by atoms with Gasteiger partial charge in [-0.05, 0) is 52.7 Å². The second-order valence-corrected chi connectivity index (χ2v) is 5.19. The van der Waals surface area contributed by atoms with E-state index in [1.54, 1.807) is 6.92 Å². The zero-order valence-electron chi connectivity index (χ0n) is 10.9. The van der Waals surface area contributed by atoms with E-state index in [4.69, 9.17) is 0 Å². The number of nitrogens with zero attached hydrogens (tertiary/aromatic N) is 1. The lowest BCUT2D eigenvalue weighted by atomic mass is 10.1. The molecule has 2 rings (SSSR count). The third kappa shape index (κ3) is 3.43. The zero-order valence-corrected chi connectivity index (χ0v) is 12.5. The summed E-state index contributed by atoms with van der Waals surface area (Å²) in [6.07, 6.45) is 0. The molecule has 0 heterocycles. The Kier molecular flexibility index (Phi) is 4.32. The first kappa shape index (κ1) is 15.1. The van der Waals surface area contributed by atoms with Crippen molar-refractivity contribution in [2.75, 3.05) is 5.32 Å². The van der Waals surface area contributed by atoms with Gasteiger partial charge >= 0.3 is 0 Å². The summed E-state index contributed by atoms with van der Waals surface area (Å²) in [4.78, 5) is 22.3. The number of aryl methyl sites for hydroxylation is 1. The molecule has 0 atom stereocenters. The lowest BCUT2D eigenvalue weighted by molar-refractivity contribution is -0.384. The van der Waals surface area contributed by atoms with Crippen LogP contribution in [0.4, 0.5) is 15.8 Å². The molecular weight excluding hydrogens is 343 g/mol. The summed E-state index contributed by atoms with van der Waals surface area (Å²) in [6, 6.07) is 8.08. The fourth-order valence-corrected chi connectivity index (χ4v) is 2.17. The molecule has 1 amide bonds. The van der Waals surface area contributed by atoms with Crippen LogP contribution in [0.25, 0.3) is 0 Å². The predicted octanol–water partition coefficient (Wildman–Crippen LogP) is 4.06. The van der Waals surface area contributed by atoms with Gasteiger partial charge in [0.2, 0.25) is 0 Å². The fraction of sp³-hybridized carbons (Fsp3) is 0.0714. The Morgan fingerprint density at radius 2 is 2.00 bits per heavy atom. The monoisotopic (exact) mass is 352 g/mol. The minimum atomic E-state index is -0.522. The minimum absolute atomic E-state index is 0.0754. The van der Waals surface area contributed by atoms with Gasteiger partial charge in [-0.15, -0.1) is 0 Å². The van der Waals surface area contributed by atoms with E-state index in [0.29, 0.717) is 16.8 Å². The van der Waals surface area contributed by atoms with Crippen LogP contribution in [0.5, 0.6) is 0 Å². The molecule has 0 saturated heterocycles. The third-order valence-corrected chi connectivity index (χ3v) is 3.45. The fourth-order valence-electron chi connectivity index (χ4n) is 1.79.